The van der Waals surface area contributed by atoms with Crippen molar-refractivity contribution in [3.63, 3.8) is 0 Å². The summed E-state index contributed by atoms with van der Waals surface area (Å²) < 4.78 is 0. The van der Waals surface area contributed by atoms with E-state index in [1.54, 1.807) is 0 Å². The zero-order valence-electron chi connectivity index (χ0n) is 30.1. The van der Waals surface area contributed by atoms with Crippen LogP contribution in [0.1, 0.15) is 18.1 Å². The van der Waals surface area contributed by atoms with Crippen LogP contribution in [0, 0.1) is 0 Å². The van der Waals surface area contributed by atoms with Gasteiger partial charge in [-0.15, -0.1) is 20.4 Å². The van der Waals surface area contributed by atoms with Gasteiger partial charge in [0.25, 0.3) is 0 Å². The van der Waals surface area contributed by atoms with Gasteiger partial charge >= 0.3 is 0 Å². The Labute approximate surface area is 331 Å². The molecule has 0 aliphatic rings. The molecule has 0 saturated carbocycles. The summed E-state index contributed by atoms with van der Waals surface area (Å²) in [5.74, 6) is 0. The standard InChI is InChI=1S/C45H31N9S2/c1-3-28-20-24-30(25-21-28)32-10-5-12-34(46-32)36-14-7-16-38(48-36)42-51-53-44(55-42)40-18-9-19-41(50-40)45-54-52-43(56-45)39-17-8-15-37(49-39)35-13-6-11-33(47-35)31-26-22-29(4-2)23-27-31/h3,5-27H,1,4H2,2H3. The van der Waals surface area contributed by atoms with E-state index < -0.39 is 0 Å². The normalized spacial score (nSPS) is 11.1. The van der Waals surface area contributed by atoms with Crippen LogP contribution in [0.3, 0.4) is 0 Å². The van der Waals surface area contributed by atoms with E-state index in [9.17, 15) is 0 Å². The fourth-order valence-corrected chi connectivity index (χ4v) is 7.67. The molecule has 0 N–H and O–H groups in total. The van der Waals surface area contributed by atoms with Gasteiger partial charge in [-0.05, 0) is 78.2 Å². The Morgan fingerprint density at radius 3 is 1.05 bits per heavy atom. The molecule has 9 nitrogen and oxygen atoms in total. The lowest BCUT2D eigenvalue weighted by Gasteiger charge is -2.06. The highest BCUT2D eigenvalue weighted by Gasteiger charge is 2.17. The first-order chi connectivity index (χ1) is 27.6. The summed E-state index contributed by atoms with van der Waals surface area (Å²) in [6, 6.07) is 46.1. The average molecular weight is 762 g/mol. The molecule has 268 valence electrons. The first-order valence-electron chi connectivity index (χ1n) is 18.0. The predicted octanol–water partition coefficient (Wildman–Crippen LogP) is 10.9. The molecule has 0 aliphatic heterocycles. The Morgan fingerprint density at radius 1 is 0.393 bits per heavy atom. The van der Waals surface area contributed by atoms with Crippen LogP contribution < -0.4 is 0 Å². The van der Waals surface area contributed by atoms with Gasteiger partial charge in [0.1, 0.15) is 22.8 Å². The topological polar surface area (TPSA) is 116 Å². The summed E-state index contributed by atoms with van der Waals surface area (Å²) in [7, 11) is 0. The summed E-state index contributed by atoms with van der Waals surface area (Å²) in [5.41, 5.74) is 12.1. The maximum absolute atomic E-state index is 4.93. The van der Waals surface area contributed by atoms with E-state index >= 15 is 0 Å². The van der Waals surface area contributed by atoms with Crippen molar-refractivity contribution < 1.29 is 0 Å². The van der Waals surface area contributed by atoms with Gasteiger partial charge in [-0.3, -0.25) is 0 Å². The molecule has 0 amide bonds. The van der Waals surface area contributed by atoms with Crippen LogP contribution in [0.25, 0.3) is 94.2 Å². The van der Waals surface area contributed by atoms with Gasteiger partial charge in [-0.25, -0.2) is 24.9 Å². The Morgan fingerprint density at radius 2 is 0.696 bits per heavy atom. The van der Waals surface area contributed by atoms with E-state index in [-0.39, 0.29) is 0 Å². The van der Waals surface area contributed by atoms with E-state index in [1.165, 1.54) is 28.2 Å². The van der Waals surface area contributed by atoms with Gasteiger partial charge in [0, 0.05) is 11.1 Å². The van der Waals surface area contributed by atoms with Crippen molar-refractivity contribution in [3.8, 4) is 88.1 Å². The van der Waals surface area contributed by atoms with Gasteiger partial charge < -0.3 is 0 Å². The second-order valence-corrected chi connectivity index (χ2v) is 14.7. The summed E-state index contributed by atoms with van der Waals surface area (Å²) in [4.78, 5) is 24.6. The zero-order chi connectivity index (χ0) is 37.8. The summed E-state index contributed by atoms with van der Waals surface area (Å²) in [5, 5.41) is 20.7. The molecule has 0 aliphatic carbocycles. The van der Waals surface area contributed by atoms with Crippen LogP contribution in [-0.4, -0.2) is 45.3 Å². The number of aromatic nitrogens is 9. The summed E-state index contributed by atoms with van der Waals surface area (Å²) in [6.45, 7) is 6.00. The molecule has 0 radical (unpaired) electrons. The zero-order valence-corrected chi connectivity index (χ0v) is 31.7. The molecule has 56 heavy (non-hydrogen) atoms. The van der Waals surface area contributed by atoms with Crippen molar-refractivity contribution in [3.05, 3.63) is 157 Å². The fraction of sp³-hybridized carbons (Fsp3) is 0.0444. The molecule has 0 unspecified atom stereocenters. The van der Waals surface area contributed by atoms with Crippen molar-refractivity contribution in [2.75, 3.05) is 0 Å². The van der Waals surface area contributed by atoms with Crippen LogP contribution in [0.2, 0.25) is 0 Å². The van der Waals surface area contributed by atoms with Gasteiger partial charge in [0.15, 0.2) is 20.0 Å². The third kappa shape index (κ3) is 7.28. The monoisotopic (exact) mass is 761 g/mol. The lowest BCUT2D eigenvalue weighted by Crippen LogP contribution is -1.92. The number of hydrogen-bond donors (Lipinski definition) is 0. The van der Waals surface area contributed by atoms with Crippen LogP contribution in [-0.2, 0) is 6.42 Å². The van der Waals surface area contributed by atoms with Crippen LogP contribution in [0.15, 0.2) is 146 Å². The number of nitrogens with zero attached hydrogens (tertiary/aromatic N) is 9. The Hall–Kier alpha value is -6.95. The molecular weight excluding hydrogens is 731 g/mol. The largest absolute Gasteiger partial charge is 0.246 e. The number of pyridine rings is 5. The lowest BCUT2D eigenvalue weighted by molar-refractivity contribution is 1.07. The predicted molar refractivity (Wildman–Crippen MR) is 225 cm³/mol. The number of aryl methyl sites for hydroxylation is 1. The highest BCUT2D eigenvalue weighted by molar-refractivity contribution is 7.18. The minimum atomic E-state index is 0.673. The van der Waals surface area contributed by atoms with Gasteiger partial charge in [-0.2, -0.15) is 0 Å². The molecule has 9 rings (SSSR count). The van der Waals surface area contributed by atoms with Gasteiger partial charge in [0.05, 0.1) is 34.2 Å². The number of benzene rings is 2. The van der Waals surface area contributed by atoms with Crippen molar-refractivity contribution in [2.45, 2.75) is 13.3 Å². The Kier molecular flexibility index (Phi) is 9.58. The van der Waals surface area contributed by atoms with Crippen molar-refractivity contribution in [1.82, 2.24) is 45.3 Å². The quantitative estimate of drug-likeness (QED) is 0.134. The number of hydrogen-bond acceptors (Lipinski definition) is 11. The molecule has 7 heterocycles. The molecule has 9 aromatic rings. The molecule has 0 saturated heterocycles. The second-order valence-electron chi connectivity index (χ2n) is 12.7. The van der Waals surface area contributed by atoms with Crippen LogP contribution in [0.5, 0.6) is 0 Å². The average Bonchev–Trinajstić information content (AvgIpc) is 3.99. The minimum Gasteiger partial charge on any atom is -0.246 e. The Bertz CT molecular complexity index is 2830. The lowest BCUT2D eigenvalue weighted by atomic mass is 10.1. The molecule has 2 aromatic carbocycles. The van der Waals surface area contributed by atoms with Crippen LogP contribution >= 0.6 is 22.7 Å². The molecule has 11 heteroatoms. The molecule has 0 bridgehead atoms. The first kappa shape index (κ1) is 34.8. The third-order valence-electron chi connectivity index (χ3n) is 9.10. The molecule has 0 atom stereocenters. The maximum atomic E-state index is 4.93. The van der Waals surface area contributed by atoms with Gasteiger partial charge in [0.2, 0.25) is 0 Å². The van der Waals surface area contributed by atoms with E-state index in [0.29, 0.717) is 37.1 Å². The maximum Gasteiger partial charge on any atom is 0.166 e. The number of rotatable bonds is 10. The molecular formula is C45H31N9S2. The summed E-state index contributed by atoms with van der Waals surface area (Å²) >= 11 is 2.86. The molecule has 0 fully saturated rings. The highest BCUT2D eigenvalue weighted by Crippen LogP contribution is 2.33. The summed E-state index contributed by atoms with van der Waals surface area (Å²) in [6.07, 6.45) is 2.83. The van der Waals surface area contributed by atoms with E-state index in [2.05, 4.69) is 58.2 Å². The third-order valence-corrected chi connectivity index (χ3v) is 11.0. The van der Waals surface area contributed by atoms with Gasteiger partial charge in [-0.1, -0.05) is 121 Å². The van der Waals surface area contributed by atoms with Crippen molar-refractivity contribution >= 4 is 28.7 Å². The van der Waals surface area contributed by atoms with Crippen molar-refractivity contribution in [2.24, 2.45) is 0 Å². The molecule has 7 aromatic heterocycles. The first-order valence-corrected chi connectivity index (χ1v) is 19.6. The minimum absolute atomic E-state index is 0.673. The highest BCUT2D eigenvalue weighted by atomic mass is 32.1. The fourth-order valence-electron chi connectivity index (χ4n) is 6.10. The molecule has 0 spiro atoms. The van der Waals surface area contributed by atoms with Crippen molar-refractivity contribution in [1.29, 1.82) is 0 Å². The van der Waals surface area contributed by atoms with E-state index in [0.717, 1.165) is 63.0 Å². The van der Waals surface area contributed by atoms with Crippen LogP contribution in [0.4, 0.5) is 0 Å². The van der Waals surface area contributed by atoms with E-state index in [1.807, 2.05) is 121 Å². The second kappa shape index (κ2) is 15.4. The Balaban J connectivity index is 0.934. The smallest absolute Gasteiger partial charge is 0.166 e. The SMILES string of the molecule is C=Cc1ccc(-c2cccc(-c3cccc(-c4nnc(-c5cccc(-c6nnc(-c7cccc(-c8cccc(-c9ccc(CC)cc9)n8)n7)s6)n5)s4)n3)n2)cc1. The van der Waals surface area contributed by atoms with E-state index in [4.69, 9.17) is 24.9 Å².